The van der Waals surface area contributed by atoms with Gasteiger partial charge in [-0.3, -0.25) is 9.52 Å². The van der Waals surface area contributed by atoms with E-state index in [-0.39, 0.29) is 10.8 Å². The standard InChI is InChI=1S/C18H20N2O4S/c1-4-11-19-18(21)14-6-8-15(9-7-14)25(22,23)20-16-12-13(2)5-10-17(16)24-3/h4-10,12,20H,1,11H2,2-3H3,(H,19,21). The van der Waals surface area contributed by atoms with Gasteiger partial charge in [-0.05, 0) is 48.9 Å². The van der Waals surface area contributed by atoms with Crippen molar-refractivity contribution in [2.24, 2.45) is 0 Å². The number of anilines is 1. The maximum Gasteiger partial charge on any atom is 0.262 e. The number of nitrogens with one attached hydrogen (secondary N) is 2. The summed E-state index contributed by atoms with van der Waals surface area (Å²) < 4.78 is 32.8. The monoisotopic (exact) mass is 360 g/mol. The molecule has 0 saturated carbocycles. The Kier molecular flexibility index (Phi) is 5.82. The van der Waals surface area contributed by atoms with E-state index >= 15 is 0 Å². The predicted molar refractivity (Wildman–Crippen MR) is 97.5 cm³/mol. The zero-order valence-electron chi connectivity index (χ0n) is 14.1. The lowest BCUT2D eigenvalue weighted by Gasteiger charge is -2.13. The van der Waals surface area contributed by atoms with Crippen molar-refractivity contribution < 1.29 is 17.9 Å². The number of aryl methyl sites for hydroxylation is 1. The van der Waals surface area contributed by atoms with Gasteiger partial charge in [-0.2, -0.15) is 0 Å². The number of benzene rings is 2. The van der Waals surface area contributed by atoms with Crippen molar-refractivity contribution in [2.45, 2.75) is 11.8 Å². The van der Waals surface area contributed by atoms with E-state index < -0.39 is 10.0 Å². The van der Waals surface area contributed by atoms with E-state index in [1.54, 1.807) is 18.2 Å². The number of methoxy groups -OCH3 is 1. The molecule has 0 heterocycles. The maximum atomic E-state index is 12.6. The van der Waals surface area contributed by atoms with Crippen LogP contribution >= 0.6 is 0 Å². The summed E-state index contributed by atoms with van der Waals surface area (Å²) in [5.41, 5.74) is 1.62. The Morgan fingerprint density at radius 1 is 1.20 bits per heavy atom. The molecule has 7 heteroatoms. The van der Waals surface area contributed by atoms with E-state index in [9.17, 15) is 13.2 Å². The highest BCUT2D eigenvalue weighted by molar-refractivity contribution is 7.92. The first-order valence-electron chi connectivity index (χ1n) is 7.54. The van der Waals surface area contributed by atoms with Crippen LogP contribution in [0.3, 0.4) is 0 Å². The quantitative estimate of drug-likeness (QED) is 0.744. The Morgan fingerprint density at radius 3 is 2.48 bits per heavy atom. The fourth-order valence-corrected chi connectivity index (χ4v) is 3.22. The molecule has 0 saturated heterocycles. The topological polar surface area (TPSA) is 84.5 Å². The summed E-state index contributed by atoms with van der Waals surface area (Å²) in [6, 6.07) is 10.9. The molecule has 0 unspecified atom stereocenters. The smallest absolute Gasteiger partial charge is 0.262 e. The highest BCUT2D eigenvalue weighted by Crippen LogP contribution is 2.27. The fourth-order valence-electron chi connectivity index (χ4n) is 2.16. The fraction of sp³-hybridized carbons (Fsp3) is 0.167. The molecule has 2 N–H and O–H groups in total. The van der Waals surface area contributed by atoms with E-state index in [0.717, 1.165) is 5.56 Å². The van der Waals surface area contributed by atoms with Crippen molar-refractivity contribution in [3.63, 3.8) is 0 Å². The Balaban J connectivity index is 2.24. The molecule has 2 aromatic carbocycles. The first kappa shape index (κ1) is 18.5. The third-order valence-corrected chi connectivity index (χ3v) is 4.81. The van der Waals surface area contributed by atoms with Crippen molar-refractivity contribution in [3.8, 4) is 5.75 Å². The number of rotatable bonds is 7. The van der Waals surface area contributed by atoms with Gasteiger partial charge < -0.3 is 10.1 Å². The van der Waals surface area contributed by atoms with Crippen LogP contribution in [0.1, 0.15) is 15.9 Å². The van der Waals surface area contributed by atoms with Gasteiger partial charge in [0.1, 0.15) is 5.75 Å². The number of hydrogen-bond acceptors (Lipinski definition) is 4. The second-order valence-corrected chi connectivity index (χ2v) is 7.01. The van der Waals surface area contributed by atoms with Crippen LogP contribution in [-0.4, -0.2) is 28.0 Å². The molecular formula is C18H20N2O4S. The Bertz CT molecular complexity index is 874. The van der Waals surface area contributed by atoms with Crippen molar-refractivity contribution >= 4 is 21.6 Å². The molecule has 132 valence electrons. The number of hydrogen-bond donors (Lipinski definition) is 2. The second-order valence-electron chi connectivity index (χ2n) is 5.33. The third kappa shape index (κ3) is 4.60. The average molecular weight is 360 g/mol. The normalized spacial score (nSPS) is 10.8. The molecule has 0 atom stereocenters. The minimum absolute atomic E-state index is 0.0522. The molecule has 0 aliphatic carbocycles. The molecule has 0 spiro atoms. The Labute approximate surface area is 147 Å². The van der Waals surface area contributed by atoms with Crippen LogP contribution in [0.2, 0.25) is 0 Å². The molecule has 0 aliphatic rings. The van der Waals surface area contributed by atoms with Crippen LogP contribution in [0.15, 0.2) is 60.0 Å². The second kappa shape index (κ2) is 7.85. The first-order chi connectivity index (χ1) is 11.9. The van der Waals surface area contributed by atoms with E-state index in [4.69, 9.17) is 4.74 Å². The number of ether oxygens (including phenoxy) is 1. The summed E-state index contributed by atoms with van der Waals surface area (Å²) in [5, 5.41) is 2.63. The van der Waals surface area contributed by atoms with Gasteiger partial charge in [0.15, 0.2) is 0 Å². The van der Waals surface area contributed by atoms with Crippen LogP contribution in [0.25, 0.3) is 0 Å². The minimum atomic E-state index is -3.80. The zero-order valence-corrected chi connectivity index (χ0v) is 14.9. The van der Waals surface area contributed by atoms with Gasteiger partial charge >= 0.3 is 0 Å². The van der Waals surface area contributed by atoms with Crippen molar-refractivity contribution in [3.05, 3.63) is 66.2 Å². The molecule has 0 aromatic heterocycles. The van der Waals surface area contributed by atoms with Crippen LogP contribution in [0, 0.1) is 6.92 Å². The number of sulfonamides is 1. The summed E-state index contributed by atoms with van der Waals surface area (Å²) in [5.74, 6) is 0.131. The molecule has 0 radical (unpaired) electrons. The van der Waals surface area contributed by atoms with E-state index in [1.165, 1.54) is 31.4 Å². The molecule has 0 fully saturated rings. The van der Waals surface area contributed by atoms with Gasteiger partial charge in [0.05, 0.1) is 17.7 Å². The number of amides is 1. The van der Waals surface area contributed by atoms with Gasteiger partial charge in [-0.25, -0.2) is 8.42 Å². The van der Waals surface area contributed by atoms with Gasteiger partial charge in [0.25, 0.3) is 15.9 Å². The van der Waals surface area contributed by atoms with E-state index in [2.05, 4.69) is 16.6 Å². The molecule has 25 heavy (non-hydrogen) atoms. The minimum Gasteiger partial charge on any atom is -0.495 e. The molecule has 0 aliphatic heterocycles. The lowest BCUT2D eigenvalue weighted by molar-refractivity contribution is 0.0958. The summed E-state index contributed by atoms with van der Waals surface area (Å²) in [6.07, 6.45) is 1.57. The van der Waals surface area contributed by atoms with Crippen molar-refractivity contribution in [2.75, 3.05) is 18.4 Å². The van der Waals surface area contributed by atoms with Crippen LogP contribution in [0.4, 0.5) is 5.69 Å². The van der Waals surface area contributed by atoms with Gasteiger partial charge in [-0.15, -0.1) is 6.58 Å². The van der Waals surface area contributed by atoms with Gasteiger partial charge in [0, 0.05) is 12.1 Å². The van der Waals surface area contributed by atoms with Gasteiger partial charge in [-0.1, -0.05) is 12.1 Å². The SMILES string of the molecule is C=CCNC(=O)c1ccc(S(=O)(=O)Nc2cc(C)ccc2OC)cc1. The highest BCUT2D eigenvalue weighted by atomic mass is 32.2. The lowest BCUT2D eigenvalue weighted by atomic mass is 10.2. The van der Waals surface area contributed by atoms with E-state index in [0.29, 0.717) is 23.5 Å². The maximum absolute atomic E-state index is 12.6. The third-order valence-electron chi connectivity index (χ3n) is 3.43. The summed E-state index contributed by atoms with van der Waals surface area (Å²) in [7, 11) is -2.33. The Hall–Kier alpha value is -2.80. The van der Waals surface area contributed by atoms with Crippen molar-refractivity contribution in [1.82, 2.24) is 5.32 Å². The summed E-state index contributed by atoms with van der Waals surface area (Å²) in [4.78, 5) is 11.9. The van der Waals surface area contributed by atoms with Crippen LogP contribution in [0.5, 0.6) is 5.75 Å². The van der Waals surface area contributed by atoms with Gasteiger partial charge in [0.2, 0.25) is 0 Å². The predicted octanol–water partition coefficient (Wildman–Crippen LogP) is 2.72. The highest BCUT2D eigenvalue weighted by Gasteiger charge is 2.17. The molecule has 0 bridgehead atoms. The number of carbonyl (C=O) groups is 1. The van der Waals surface area contributed by atoms with Crippen molar-refractivity contribution in [1.29, 1.82) is 0 Å². The van der Waals surface area contributed by atoms with Crippen LogP contribution in [-0.2, 0) is 10.0 Å². The molecule has 2 aromatic rings. The number of carbonyl (C=O) groups excluding carboxylic acids is 1. The first-order valence-corrected chi connectivity index (χ1v) is 9.02. The lowest BCUT2D eigenvalue weighted by Crippen LogP contribution is -2.23. The zero-order chi connectivity index (χ0) is 18.4. The van der Waals surface area contributed by atoms with E-state index in [1.807, 2.05) is 13.0 Å². The summed E-state index contributed by atoms with van der Waals surface area (Å²) >= 11 is 0. The largest absolute Gasteiger partial charge is 0.495 e. The molecule has 6 nitrogen and oxygen atoms in total. The molecule has 2 rings (SSSR count). The Morgan fingerprint density at radius 2 is 1.88 bits per heavy atom. The summed E-state index contributed by atoms with van der Waals surface area (Å²) in [6.45, 7) is 5.72. The molecular weight excluding hydrogens is 340 g/mol. The van der Waals surface area contributed by atoms with Crippen LogP contribution < -0.4 is 14.8 Å². The molecule has 1 amide bonds. The average Bonchev–Trinajstić information content (AvgIpc) is 2.59.